The molecule has 0 bridgehead atoms. The fraction of sp³-hybridized carbons (Fsp3) is 0.385. The Bertz CT molecular complexity index is 516. The number of benzene rings is 1. The molecule has 0 amide bonds. The minimum Gasteiger partial charge on any atom is -0.324 e. The van der Waals surface area contributed by atoms with E-state index >= 15 is 0 Å². The molecule has 0 fully saturated rings. The van der Waals surface area contributed by atoms with Crippen molar-refractivity contribution in [3.8, 4) is 0 Å². The second-order valence-electron chi connectivity index (χ2n) is 4.54. The molecule has 90 valence electrons. The first-order valence-corrected chi connectivity index (χ1v) is 5.74. The number of aryl methyl sites for hydroxylation is 3. The van der Waals surface area contributed by atoms with Crippen molar-refractivity contribution < 1.29 is 0 Å². The highest BCUT2D eigenvalue weighted by Crippen LogP contribution is 2.18. The van der Waals surface area contributed by atoms with E-state index in [9.17, 15) is 0 Å². The molecule has 0 aliphatic heterocycles. The summed E-state index contributed by atoms with van der Waals surface area (Å²) in [4.78, 5) is 0. The Morgan fingerprint density at radius 3 is 2.65 bits per heavy atom. The molecule has 17 heavy (non-hydrogen) atoms. The summed E-state index contributed by atoms with van der Waals surface area (Å²) >= 11 is 0. The zero-order chi connectivity index (χ0) is 12.4. The summed E-state index contributed by atoms with van der Waals surface area (Å²) in [6.07, 6.45) is 2.62. The highest BCUT2D eigenvalue weighted by Gasteiger charge is 2.10. The predicted octanol–water partition coefficient (Wildman–Crippen LogP) is 1.67. The minimum absolute atomic E-state index is 0.0222. The van der Waals surface area contributed by atoms with E-state index in [0.717, 1.165) is 17.7 Å². The molecule has 1 aromatic heterocycles. The molecule has 0 aliphatic rings. The van der Waals surface area contributed by atoms with Crippen molar-refractivity contribution in [1.29, 1.82) is 0 Å². The van der Waals surface area contributed by atoms with Crippen molar-refractivity contribution in [2.45, 2.75) is 26.3 Å². The summed E-state index contributed by atoms with van der Waals surface area (Å²) in [7, 11) is 1.86. The van der Waals surface area contributed by atoms with Gasteiger partial charge in [-0.15, -0.1) is 5.10 Å². The van der Waals surface area contributed by atoms with Crippen LogP contribution in [0.15, 0.2) is 24.4 Å². The molecule has 1 heterocycles. The van der Waals surface area contributed by atoms with Gasteiger partial charge in [-0.25, -0.2) is 0 Å². The fourth-order valence-corrected chi connectivity index (χ4v) is 1.83. The van der Waals surface area contributed by atoms with Gasteiger partial charge >= 0.3 is 0 Å². The van der Waals surface area contributed by atoms with E-state index in [-0.39, 0.29) is 6.04 Å². The maximum atomic E-state index is 6.18. The van der Waals surface area contributed by atoms with Crippen molar-refractivity contribution >= 4 is 0 Å². The van der Waals surface area contributed by atoms with E-state index in [2.05, 4.69) is 42.4 Å². The highest BCUT2D eigenvalue weighted by molar-refractivity contribution is 5.32. The quantitative estimate of drug-likeness (QED) is 0.872. The maximum Gasteiger partial charge on any atom is 0.0845 e. The third-order valence-electron chi connectivity index (χ3n) is 3.04. The molecule has 1 atom stereocenters. The van der Waals surface area contributed by atoms with Crippen LogP contribution in [-0.2, 0) is 13.5 Å². The number of hydrogen-bond donors (Lipinski definition) is 1. The third-order valence-corrected chi connectivity index (χ3v) is 3.04. The zero-order valence-electron chi connectivity index (χ0n) is 10.5. The van der Waals surface area contributed by atoms with Gasteiger partial charge < -0.3 is 5.73 Å². The van der Waals surface area contributed by atoms with Gasteiger partial charge in [0.05, 0.1) is 5.69 Å². The Balaban J connectivity index is 2.14. The Kier molecular flexibility index (Phi) is 3.24. The number of aromatic nitrogens is 3. The lowest BCUT2D eigenvalue weighted by Crippen LogP contribution is -2.13. The Morgan fingerprint density at radius 2 is 2.06 bits per heavy atom. The molecular weight excluding hydrogens is 212 g/mol. The van der Waals surface area contributed by atoms with Gasteiger partial charge in [-0.1, -0.05) is 23.4 Å². The minimum atomic E-state index is -0.0222. The van der Waals surface area contributed by atoms with Crippen LogP contribution in [-0.4, -0.2) is 15.0 Å². The Hall–Kier alpha value is -1.68. The lowest BCUT2D eigenvalue weighted by atomic mass is 9.99. The Labute approximate surface area is 101 Å². The van der Waals surface area contributed by atoms with Gasteiger partial charge in [0.2, 0.25) is 0 Å². The van der Waals surface area contributed by atoms with Gasteiger partial charge in [0.25, 0.3) is 0 Å². The summed E-state index contributed by atoms with van der Waals surface area (Å²) in [5, 5.41) is 7.96. The van der Waals surface area contributed by atoms with Crippen LogP contribution in [0.3, 0.4) is 0 Å². The molecule has 2 N–H and O–H groups in total. The first-order valence-electron chi connectivity index (χ1n) is 5.74. The molecule has 1 aromatic carbocycles. The third kappa shape index (κ3) is 2.71. The molecule has 0 radical (unpaired) electrons. The SMILES string of the molecule is Cc1ccc(C(N)Cc2cn(C)nn2)cc1C. The maximum absolute atomic E-state index is 6.18. The van der Waals surface area contributed by atoms with Crippen LogP contribution in [0.2, 0.25) is 0 Å². The smallest absolute Gasteiger partial charge is 0.0845 e. The molecule has 0 spiro atoms. The zero-order valence-corrected chi connectivity index (χ0v) is 10.5. The highest BCUT2D eigenvalue weighted by atomic mass is 15.4. The summed E-state index contributed by atoms with van der Waals surface area (Å²) in [5.41, 5.74) is 10.8. The number of nitrogens with zero attached hydrogens (tertiary/aromatic N) is 3. The first-order chi connectivity index (χ1) is 8.06. The van der Waals surface area contributed by atoms with E-state index in [1.54, 1.807) is 4.68 Å². The van der Waals surface area contributed by atoms with Crippen LogP contribution in [0.25, 0.3) is 0 Å². The monoisotopic (exact) mass is 230 g/mol. The molecule has 2 aromatic rings. The molecule has 4 nitrogen and oxygen atoms in total. The van der Waals surface area contributed by atoms with E-state index in [4.69, 9.17) is 5.73 Å². The van der Waals surface area contributed by atoms with E-state index in [0.29, 0.717) is 0 Å². The topological polar surface area (TPSA) is 56.7 Å². The number of hydrogen-bond acceptors (Lipinski definition) is 3. The molecule has 2 rings (SSSR count). The van der Waals surface area contributed by atoms with Crippen LogP contribution in [0.1, 0.15) is 28.4 Å². The van der Waals surface area contributed by atoms with Crippen LogP contribution in [0, 0.1) is 13.8 Å². The summed E-state index contributed by atoms with van der Waals surface area (Å²) < 4.78 is 1.70. The number of rotatable bonds is 3. The second kappa shape index (κ2) is 4.67. The molecule has 1 unspecified atom stereocenters. The van der Waals surface area contributed by atoms with Crippen LogP contribution >= 0.6 is 0 Å². The van der Waals surface area contributed by atoms with Crippen LogP contribution in [0.5, 0.6) is 0 Å². The average Bonchev–Trinajstić information content (AvgIpc) is 2.68. The van der Waals surface area contributed by atoms with Crippen molar-refractivity contribution in [3.63, 3.8) is 0 Å². The lowest BCUT2D eigenvalue weighted by molar-refractivity contribution is 0.693. The van der Waals surface area contributed by atoms with Crippen molar-refractivity contribution in [3.05, 3.63) is 46.8 Å². The number of nitrogens with two attached hydrogens (primary N) is 1. The molecule has 0 aliphatic carbocycles. The van der Waals surface area contributed by atoms with E-state index < -0.39 is 0 Å². The normalized spacial score (nSPS) is 12.7. The van der Waals surface area contributed by atoms with Gasteiger partial charge in [0.1, 0.15) is 0 Å². The largest absolute Gasteiger partial charge is 0.324 e. The predicted molar refractivity (Wildman–Crippen MR) is 67.6 cm³/mol. The summed E-state index contributed by atoms with van der Waals surface area (Å²) in [5.74, 6) is 0. The summed E-state index contributed by atoms with van der Waals surface area (Å²) in [6.45, 7) is 4.21. The molecule has 0 saturated carbocycles. The Morgan fingerprint density at radius 1 is 1.29 bits per heavy atom. The first kappa shape index (κ1) is 11.8. The fourth-order valence-electron chi connectivity index (χ4n) is 1.83. The second-order valence-corrected chi connectivity index (χ2v) is 4.54. The molecule has 0 saturated heterocycles. The van der Waals surface area contributed by atoms with Gasteiger partial charge in [-0.3, -0.25) is 4.68 Å². The van der Waals surface area contributed by atoms with Crippen molar-refractivity contribution in [2.24, 2.45) is 12.8 Å². The van der Waals surface area contributed by atoms with E-state index in [1.165, 1.54) is 11.1 Å². The molecular formula is C13H18N4. The van der Waals surface area contributed by atoms with Gasteiger partial charge in [-0.05, 0) is 30.5 Å². The van der Waals surface area contributed by atoms with Gasteiger partial charge in [-0.2, -0.15) is 0 Å². The summed E-state index contributed by atoms with van der Waals surface area (Å²) in [6, 6.07) is 6.33. The van der Waals surface area contributed by atoms with Crippen LogP contribution in [0.4, 0.5) is 0 Å². The average molecular weight is 230 g/mol. The van der Waals surface area contributed by atoms with Gasteiger partial charge in [0, 0.05) is 25.7 Å². The molecule has 4 heteroatoms. The van der Waals surface area contributed by atoms with Crippen molar-refractivity contribution in [1.82, 2.24) is 15.0 Å². The van der Waals surface area contributed by atoms with Gasteiger partial charge in [0.15, 0.2) is 0 Å². The standard InChI is InChI=1S/C13H18N4/c1-9-4-5-11(6-10(9)2)13(14)7-12-8-17(3)16-15-12/h4-6,8,13H,7,14H2,1-3H3. The lowest BCUT2D eigenvalue weighted by Gasteiger charge is -2.12. The van der Waals surface area contributed by atoms with Crippen LogP contribution < -0.4 is 5.73 Å². The van der Waals surface area contributed by atoms with E-state index in [1.807, 2.05) is 13.2 Å². The van der Waals surface area contributed by atoms with Crippen molar-refractivity contribution in [2.75, 3.05) is 0 Å².